The second-order valence-corrected chi connectivity index (χ2v) is 4.91. The van der Waals surface area contributed by atoms with Crippen LogP contribution in [0.3, 0.4) is 0 Å². The van der Waals surface area contributed by atoms with E-state index in [-0.39, 0.29) is 0 Å². The highest BCUT2D eigenvalue weighted by atomic mass is 16.5. The summed E-state index contributed by atoms with van der Waals surface area (Å²) < 4.78 is 5.82. The lowest BCUT2D eigenvalue weighted by Crippen LogP contribution is -2.35. The molecule has 0 unspecified atom stereocenters. The van der Waals surface area contributed by atoms with E-state index >= 15 is 0 Å². The van der Waals surface area contributed by atoms with Crippen LogP contribution in [0.5, 0.6) is 5.75 Å². The van der Waals surface area contributed by atoms with Crippen LogP contribution in [0, 0.1) is 0 Å². The van der Waals surface area contributed by atoms with Gasteiger partial charge in [-0.05, 0) is 50.4 Å². The minimum Gasteiger partial charge on any atom is -0.491 e. The van der Waals surface area contributed by atoms with Crippen LogP contribution in [0.15, 0.2) is 18.2 Å². The van der Waals surface area contributed by atoms with Crippen molar-refractivity contribution in [3.8, 4) is 5.75 Å². The molecule has 0 spiro atoms. The van der Waals surface area contributed by atoms with Gasteiger partial charge in [-0.1, -0.05) is 12.1 Å². The van der Waals surface area contributed by atoms with Gasteiger partial charge in [0.05, 0.1) is 12.3 Å². The Morgan fingerprint density at radius 2 is 2.12 bits per heavy atom. The second-order valence-electron chi connectivity index (χ2n) is 4.91. The normalized spacial score (nSPS) is 20.5. The van der Waals surface area contributed by atoms with E-state index in [4.69, 9.17) is 4.74 Å². The van der Waals surface area contributed by atoms with Crippen LogP contribution in [0.4, 0.5) is 5.69 Å². The van der Waals surface area contributed by atoms with Crippen LogP contribution in [0.2, 0.25) is 0 Å². The van der Waals surface area contributed by atoms with Crippen molar-refractivity contribution in [2.24, 2.45) is 0 Å². The van der Waals surface area contributed by atoms with Gasteiger partial charge in [0.2, 0.25) is 0 Å². The van der Waals surface area contributed by atoms with Gasteiger partial charge in [-0.25, -0.2) is 0 Å². The first-order valence-corrected chi connectivity index (χ1v) is 6.65. The lowest BCUT2D eigenvalue weighted by atomic mass is 10.0. The van der Waals surface area contributed by atoms with E-state index < -0.39 is 0 Å². The van der Waals surface area contributed by atoms with Crippen LogP contribution in [0.25, 0.3) is 0 Å². The third-order valence-electron chi connectivity index (χ3n) is 3.63. The van der Waals surface area contributed by atoms with Crippen LogP contribution in [-0.2, 0) is 6.42 Å². The molecule has 1 aromatic carbocycles. The third-order valence-corrected chi connectivity index (χ3v) is 3.63. The topological polar surface area (TPSA) is 33.3 Å². The number of nitrogens with one attached hydrogen (secondary N) is 2. The van der Waals surface area contributed by atoms with Crippen molar-refractivity contribution in [3.63, 3.8) is 0 Å². The molecule has 0 aliphatic carbocycles. The molecule has 0 amide bonds. The largest absolute Gasteiger partial charge is 0.491 e. The van der Waals surface area contributed by atoms with Crippen LogP contribution >= 0.6 is 0 Å². The molecule has 0 atom stereocenters. The van der Waals surface area contributed by atoms with E-state index in [1.54, 1.807) is 0 Å². The van der Waals surface area contributed by atoms with Crippen LogP contribution in [-0.4, -0.2) is 25.7 Å². The summed E-state index contributed by atoms with van der Waals surface area (Å²) in [5, 5.41) is 7.04. The fourth-order valence-electron chi connectivity index (χ4n) is 2.69. The number of aryl methyl sites for hydroxylation is 1. The number of hydrogen-bond acceptors (Lipinski definition) is 3. The Hall–Kier alpha value is -1.22. The molecule has 17 heavy (non-hydrogen) atoms. The number of anilines is 1. The summed E-state index contributed by atoms with van der Waals surface area (Å²) in [5.41, 5.74) is 2.55. The van der Waals surface area contributed by atoms with E-state index in [1.165, 1.54) is 24.1 Å². The lowest BCUT2D eigenvalue weighted by molar-refractivity contribution is 0.289. The average Bonchev–Trinajstić information content (AvgIpc) is 2.40. The monoisotopic (exact) mass is 232 g/mol. The highest BCUT2D eigenvalue weighted by Crippen LogP contribution is 2.33. The third kappa shape index (κ3) is 2.39. The van der Waals surface area contributed by atoms with E-state index in [1.807, 2.05) is 0 Å². The highest BCUT2D eigenvalue weighted by molar-refractivity contribution is 5.61. The van der Waals surface area contributed by atoms with Crippen molar-refractivity contribution >= 4 is 5.69 Å². The molecule has 2 aliphatic rings. The standard InChI is InChI=1S/C14H20N2O/c1-3-11-4-2-10-17-14(11)13(5-1)16-12-6-8-15-9-7-12/h1,3,5,12,15-16H,2,4,6-10H2. The zero-order valence-electron chi connectivity index (χ0n) is 10.2. The molecule has 0 saturated carbocycles. The molecule has 0 aromatic heterocycles. The van der Waals surface area contributed by atoms with Gasteiger partial charge in [0, 0.05) is 6.04 Å². The second kappa shape index (κ2) is 4.96. The van der Waals surface area contributed by atoms with Gasteiger partial charge in [-0.2, -0.15) is 0 Å². The molecule has 0 radical (unpaired) electrons. The van der Waals surface area contributed by atoms with Gasteiger partial charge in [0.1, 0.15) is 5.75 Å². The first-order valence-electron chi connectivity index (χ1n) is 6.65. The molecule has 2 N–H and O–H groups in total. The number of piperidine rings is 1. The highest BCUT2D eigenvalue weighted by Gasteiger charge is 2.18. The fraction of sp³-hybridized carbons (Fsp3) is 0.571. The smallest absolute Gasteiger partial charge is 0.145 e. The Kier molecular flexibility index (Phi) is 3.18. The summed E-state index contributed by atoms with van der Waals surface area (Å²) in [6.45, 7) is 3.10. The van der Waals surface area contributed by atoms with Crippen molar-refractivity contribution in [1.29, 1.82) is 0 Å². The number of fused-ring (bicyclic) bond motifs is 1. The minimum absolute atomic E-state index is 0.591. The summed E-state index contributed by atoms with van der Waals surface area (Å²) >= 11 is 0. The molecule has 3 nitrogen and oxygen atoms in total. The van der Waals surface area contributed by atoms with E-state index in [9.17, 15) is 0 Å². The van der Waals surface area contributed by atoms with Crippen LogP contribution < -0.4 is 15.4 Å². The molecular formula is C14H20N2O. The van der Waals surface area contributed by atoms with E-state index in [0.717, 1.165) is 38.3 Å². The van der Waals surface area contributed by atoms with Crippen molar-refractivity contribution in [1.82, 2.24) is 5.32 Å². The maximum absolute atomic E-state index is 5.82. The zero-order chi connectivity index (χ0) is 11.5. The SMILES string of the molecule is c1cc2c(c(NC3CCNCC3)c1)OCCC2. The summed E-state index contributed by atoms with van der Waals surface area (Å²) in [6, 6.07) is 7.05. The molecule has 1 fully saturated rings. The van der Waals surface area contributed by atoms with Gasteiger partial charge in [0.25, 0.3) is 0 Å². The Bertz CT molecular complexity index is 386. The molecule has 3 heteroatoms. The first-order chi connectivity index (χ1) is 8.43. The molecule has 1 aromatic rings. The number of para-hydroxylation sites is 1. The predicted octanol–water partition coefficient (Wildman–Crippen LogP) is 2.18. The lowest BCUT2D eigenvalue weighted by Gasteiger charge is -2.27. The quantitative estimate of drug-likeness (QED) is 0.820. The summed E-state index contributed by atoms with van der Waals surface area (Å²) in [6.07, 6.45) is 4.69. The molecule has 3 rings (SSSR count). The Morgan fingerprint density at radius 3 is 3.00 bits per heavy atom. The van der Waals surface area contributed by atoms with Crippen molar-refractivity contribution in [2.75, 3.05) is 25.0 Å². The van der Waals surface area contributed by atoms with Crippen molar-refractivity contribution in [2.45, 2.75) is 31.7 Å². The predicted molar refractivity (Wildman–Crippen MR) is 69.8 cm³/mol. The minimum atomic E-state index is 0.591. The maximum atomic E-state index is 5.82. The molecule has 92 valence electrons. The zero-order valence-corrected chi connectivity index (χ0v) is 10.2. The molecular weight excluding hydrogens is 212 g/mol. The summed E-state index contributed by atoms with van der Waals surface area (Å²) in [5.74, 6) is 1.09. The van der Waals surface area contributed by atoms with Gasteiger partial charge in [0.15, 0.2) is 0 Å². The number of hydrogen-bond donors (Lipinski definition) is 2. The van der Waals surface area contributed by atoms with Crippen molar-refractivity contribution < 1.29 is 4.74 Å². The number of rotatable bonds is 2. The molecule has 1 saturated heterocycles. The van der Waals surface area contributed by atoms with Crippen molar-refractivity contribution in [3.05, 3.63) is 23.8 Å². The van der Waals surface area contributed by atoms with Crippen LogP contribution in [0.1, 0.15) is 24.8 Å². The molecule has 0 bridgehead atoms. The van der Waals surface area contributed by atoms with Gasteiger partial charge < -0.3 is 15.4 Å². The summed E-state index contributed by atoms with van der Waals surface area (Å²) in [4.78, 5) is 0. The van der Waals surface area contributed by atoms with Gasteiger partial charge in [-0.3, -0.25) is 0 Å². The van der Waals surface area contributed by atoms with E-state index in [2.05, 4.69) is 28.8 Å². The first kappa shape index (κ1) is 10.9. The fourth-order valence-corrected chi connectivity index (χ4v) is 2.69. The maximum Gasteiger partial charge on any atom is 0.145 e. The summed E-state index contributed by atoms with van der Waals surface area (Å²) in [7, 11) is 0. The van der Waals surface area contributed by atoms with Gasteiger partial charge >= 0.3 is 0 Å². The Balaban J connectivity index is 1.77. The molecule has 2 heterocycles. The van der Waals surface area contributed by atoms with E-state index in [0.29, 0.717) is 6.04 Å². The number of benzene rings is 1. The Morgan fingerprint density at radius 1 is 1.24 bits per heavy atom. The van der Waals surface area contributed by atoms with Gasteiger partial charge in [-0.15, -0.1) is 0 Å². The molecule has 2 aliphatic heterocycles. The Labute approximate surface area is 103 Å². The average molecular weight is 232 g/mol. The number of ether oxygens (including phenoxy) is 1.